The molecule has 0 aliphatic carbocycles. The van der Waals surface area contributed by atoms with Gasteiger partial charge in [0, 0.05) is 7.05 Å². The third kappa shape index (κ3) is 1.84. The van der Waals surface area contributed by atoms with Crippen LogP contribution < -0.4 is 4.90 Å². The predicted molar refractivity (Wildman–Crippen MR) is 73.1 cm³/mol. The van der Waals surface area contributed by atoms with E-state index in [2.05, 4.69) is 0 Å². The lowest BCUT2D eigenvalue weighted by atomic mass is 10.2. The van der Waals surface area contributed by atoms with Gasteiger partial charge in [0.25, 0.3) is 0 Å². The molecule has 0 spiro atoms. The molecule has 1 aliphatic rings. The molecule has 20 heavy (non-hydrogen) atoms. The third-order valence-corrected chi connectivity index (χ3v) is 5.61. The summed E-state index contributed by atoms with van der Waals surface area (Å²) >= 11 is 0. The Kier molecular flexibility index (Phi) is 2.90. The molecule has 1 aliphatic heterocycles. The van der Waals surface area contributed by atoms with Crippen molar-refractivity contribution >= 4 is 21.4 Å². The molecule has 104 valence electrons. The van der Waals surface area contributed by atoms with Gasteiger partial charge in [-0.3, -0.25) is 4.79 Å². The topological polar surface area (TPSA) is 67.6 Å². The minimum Gasteiger partial charge on any atom is -0.468 e. The Morgan fingerprint density at radius 2 is 1.95 bits per heavy atom. The van der Waals surface area contributed by atoms with Crippen LogP contribution in [0.15, 0.2) is 52.0 Å². The van der Waals surface area contributed by atoms with Crippen LogP contribution in [0.1, 0.15) is 17.4 Å². The molecule has 1 atom stereocenters. The van der Waals surface area contributed by atoms with E-state index in [0.717, 1.165) is 0 Å². The lowest BCUT2D eigenvalue weighted by Crippen LogP contribution is -2.26. The molecule has 0 bridgehead atoms. The molecule has 0 N–H and O–H groups in total. The monoisotopic (exact) mass is 291 g/mol. The summed E-state index contributed by atoms with van der Waals surface area (Å²) in [4.78, 5) is 13.7. The second-order valence-corrected chi connectivity index (χ2v) is 6.77. The van der Waals surface area contributed by atoms with Gasteiger partial charge < -0.3 is 9.32 Å². The maximum atomic E-state index is 12.8. The molecule has 0 fully saturated rings. The van der Waals surface area contributed by atoms with Gasteiger partial charge in [0.2, 0.25) is 5.91 Å². The third-order valence-electron chi connectivity index (χ3n) is 3.50. The summed E-state index contributed by atoms with van der Waals surface area (Å²) in [6.07, 6.45) is 1.29. The van der Waals surface area contributed by atoms with E-state index in [4.69, 9.17) is 4.42 Å². The van der Waals surface area contributed by atoms with E-state index in [1.165, 1.54) is 17.2 Å². The number of para-hydroxylation sites is 1. The number of carbonyl (C=O) groups excluding carboxylic acids is 1. The van der Waals surface area contributed by atoms with Crippen LogP contribution in [0, 0.1) is 0 Å². The molecule has 6 heteroatoms. The van der Waals surface area contributed by atoms with Gasteiger partial charge >= 0.3 is 0 Å². The van der Waals surface area contributed by atoms with Crippen molar-refractivity contribution in [3.63, 3.8) is 0 Å². The molecule has 2 heterocycles. The number of fused-ring (bicyclic) bond motifs is 1. The molecule has 0 saturated heterocycles. The molecule has 2 aromatic rings. The van der Waals surface area contributed by atoms with E-state index >= 15 is 0 Å². The zero-order valence-electron chi connectivity index (χ0n) is 10.8. The van der Waals surface area contributed by atoms with Crippen molar-refractivity contribution in [1.82, 2.24) is 0 Å². The quantitative estimate of drug-likeness (QED) is 0.807. The SMILES string of the molecule is CN1C(=O)CC(c2ccco2)S(=O)(=O)c2ccccc21. The van der Waals surface area contributed by atoms with Gasteiger partial charge in [-0.15, -0.1) is 0 Å². The number of benzene rings is 1. The second kappa shape index (κ2) is 4.49. The van der Waals surface area contributed by atoms with Gasteiger partial charge in [0.05, 0.1) is 23.3 Å². The first-order chi connectivity index (χ1) is 9.51. The average molecular weight is 291 g/mol. The highest BCUT2D eigenvalue weighted by Gasteiger charge is 2.39. The van der Waals surface area contributed by atoms with Crippen LogP contribution in [0.5, 0.6) is 0 Å². The van der Waals surface area contributed by atoms with Crippen LogP contribution in [0.2, 0.25) is 0 Å². The van der Waals surface area contributed by atoms with Crippen molar-refractivity contribution < 1.29 is 17.6 Å². The average Bonchev–Trinajstić information content (AvgIpc) is 2.94. The van der Waals surface area contributed by atoms with Crippen molar-refractivity contribution in [3.8, 4) is 0 Å². The van der Waals surface area contributed by atoms with Crippen molar-refractivity contribution in [2.24, 2.45) is 0 Å². The Hall–Kier alpha value is -2.08. The summed E-state index contributed by atoms with van der Waals surface area (Å²) in [5.74, 6) is 0.0448. The summed E-state index contributed by atoms with van der Waals surface area (Å²) in [7, 11) is -2.08. The molecule has 3 rings (SSSR count). The van der Waals surface area contributed by atoms with Gasteiger partial charge in [-0.1, -0.05) is 12.1 Å². The van der Waals surface area contributed by atoms with Crippen LogP contribution in [-0.2, 0) is 14.6 Å². The predicted octanol–water partition coefficient (Wildman–Crippen LogP) is 2.16. The molecule has 0 saturated carbocycles. The van der Waals surface area contributed by atoms with Gasteiger partial charge in [0.1, 0.15) is 11.0 Å². The minimum atomic E-state index is -3.66. The number of carbonyl (C=O) groups is 1. The van der Waals surface area contributed by atoms with Crippen LogP contribution in [-0.4, -0.2) is 21.4 Å². The van der Waals surface area contributed by atoms with Crippen LogP contribution in [0.3, 0.4) is 0 Å². The van der Waals surface area contributed by atoms with Crippen LogP contribution >= 0.6 is 0 Å². The Labute approximate surface area is 116 Å². The van der Waals surface area contributed by atoms with Crippen LogP contribution in [0.25, 0.3) is 0 Å². The van der Waals surface area contributed by atoms with Gasteiger partial charge in [-0.05, 0) is 24.3 Å². The Balaban J connectivity index is 2.25. The Bertz CT molecular complexity index is 749. The first kappa shape index (κ1) is 12.9. The minimum absolute atomic E-state index is 0.124. The normalized spacial score (nSPS) is 21.4. The Morgan fingerprint density at radius 1 is 1.20 bits per heavy atom. The zero-order valence-corrected chi connectivity index (χ0v) is 11.6. The number of sulfone groups is 1. The number of hydrogen-bond acceptors (Lipinski definition) is 4. The number of nitrogens with zero attached hydrogens (tertiary/aromatic N) is 1. The summed E-state index contributed by atoms with van der Waals surface area (Å²) in [5.41, 5.74) is 0.409. The molecule has 0 radical (unpaired) electrons. The van der Waals surface area contributed by atoms with E-state index in [9.17, 15) is 13.2 Å². The molecular weight excluding hydrogens is 278 g/mol. The highest BCUT2D eigenvalue weighted by Crippen LogP contribution is 2.39. The van der Waals surface area contributed by atoms with Gasteiger partial charge in [-0.25, -0.2) is 8.42 Å². The van der Waals surface area contributed by atoms with Crippen LogP contribution in [0.4, 0.5) is 5.69 Å². The molecule has 1 amide bonds. The van der Waals surface area contributed by atoms with Gasteiger partial charge in [-0.2, -0.15) is 0 Å². The van der Waals surface area contributed by atoms with Crippen molar-refractivity contribution in [1.29, 1.82) is 0 Å². The van der Waals surface area contributed by atoms with Crippen molar-refractivity contribution in [3.05, 3.63) is 48.4 Å². The van der Waals surface area contributed by atoms with Gasteiger partial charge in [0.15, 0.2) is 9.84 Å². The largest absolute Gasteiger partial charge is 0.468 e. The van der Waals surface area contributed by atoms with Crippen molar-refractivity contribution in [2.75, 3.05) is 11.9 Å². The van der Waals surface area contributed by atoms with E-state index in [0.29, 0.717) is 11.4 Å². The number of anilines is 1. The fraction of sp³-hybridized carbons (Fsp3) is 0.214. The van der Waals surface area contributed by atoms with E-state index in [1.54, 1.807) is 37.4 Å². The van der Waals surface area contributed by atoms with E-state index < -0.39 is 15.1 Å². The first-order valence-corrected chi connectivity index (χ1v) is 7.69. The van der Waals surface area contributed by atoms with E-state index in [1.807, 2.05) is 0 Å². The molecular formula is C14H13NO4S. The summed E-state index contributed by atoms with van der Waals surface area (Å²) < 4.78 is 30.8. The molecule has 1 unspecified atom stereocenters. The first-order valence-electron chi connectivity index (χ1n) is 6.14. The summed E-state index contributed by atoms with van der Waals surface area (Å²) in [6.45, 7) is 0. The number of furan rings is 1. The number of amides is 1. The lowest BCUT2D eigenvalue weighted by molar-refractivity contribution is -0.118. The highest BCUT2D eigenvalue weighted by atomic mass is 32.2. The fourth-order valence-corrected chi connectivity index (χ4v) is 4.27. The Morgan fingerprint density at radius 3 is 2.65 bits per heavy atom. The molecule has 1 aromatic carbocycles. The molecule has 5 nitrogen and oxygen atoms in total. The van der Waals surface area contributed by atoms with Crippen molar-refractivity contribution in [2.45, 2.75) is 16.6 Å². The summed E-state index contributed by atoms with van der Waals surface area (Å²) in [6, 6.07) is 9.73. The molecule has 1 aromatic heterocycles. The van der Waals surface area contributed by atoms with E-state index in [-0.39, 0.29) is 17.2 Å². The maximum Gasteiger partial charge on any atom is 0.228 e. The fourth-order valence-electron chi connectivity index (χ4n) is 2.40. The number of hydrogen-bond donors (Lipinski definition) is 0. The second-order valence-electron chi connectivity index (χ2n) is 4.67. The standard InChI is InChI=1S/C14H13NO4S/c1-15-10-5-2-3-7-12(10)20(17,18)13(9-14(15)16)11-6-4-8-19-11/h2-8,13H,9H2,1H3. The lowest BCUT2D eigenvalue weighted by Gasteiger charge is -2.15. The zero-order chi connectivity index (χ0) is 14.3. The smallest absolute Gasteiger partial charge is 0.228 e. The maximum absolute atomic E-state index is 12.8. The number of rotatable bonds is 1. The highest BCUT2D eigenvalue weighted by molar-refractivity contribution is 7.91. The summed E-state index contributed by atoms with van der Waals surface area (Å²) in [5, 5.41) is -0.976.